The second kappa shape index (κ2) is 9.37. The first-order chi connectivity index (χ1) is 15.2. The van der Waals surface area contributed by atoms with Crippen LogP contribution in [0.5, 0.6) is 11.6 Å². The third-order valence-electron chi connectivity index (χ3n) is 4.27. The summed E-state index contributed by atoms with van der Waals surface area (Å²) < 4.78 is 5.73. The lowest BCUT2D eigenvalue weighted by molar-refractivity contribution is -0.118. The molecule has 0 atom stereocenters. The largest absolute Gasteiger partial charge is 0.439 e. The molecule has 0 fully saturated rings. The van der Waals surface area contributed by atoms with Crippen molar-refractivity contribution in [2.45, 2.75) is 6.92 Å². The highest BCUT2D eigenvalue weighted by Crippen LogP contribution is 2.26. The van der Waals surface area contributed by atoms with Crippen molar-refractivity contribution in [2.75, 3.05) is 11.9 Å². The fourth-order valence-electron chi connectivity index (χ4n) is 2.82. The van der Waals surface area contributed by atoms with Crippen molar-refractivity contribution in [1.82, 2.24) is 20.3 Å². The molecule has 2 aromatic carbocycles. The molecule has 2 heterocycles. The van der Waals surface area contributed by atoms with Crippen LogP contribution < -0.4 is 15.4 Å². The number of benzene rings is 2. The van der Waals surface area contributed by atoms with E-state index >= 15 is 0 Å². The van der Waals surface area contributed by atoms with E-state index in [2.05, 4.69) is 37.4 Å². The molecule has 7 nitrogen and oxygen atoms in total. The van der Waals surface area contributed by atoms with Crippen molar-refractivity contribution >= 4 is 28.3 Å². The zero-order valence-electron chi connectivity index (χ0n) is 16.8. The van der Waals surface area contributed by atoms with Gasteiger partial charge in [-0.1, -0.05) is 17.9 Å². The first kappa shape index (κ1) is 19.9. The third kappa shape index (κ3) is 5.34. The van der Waals surface area contributed by atoms with E-state index in [0.717, 1.165) is 22.2 Å². The first-order valence-electron chi connectivity index (χ1n) is 9.61. The highest BCUT2D eigenvalue weighted by molar-refractivity contribution is 5.91. The van der Waals surface area contributed by atoms with Crippen LogP contribution in [0.25, 0.3) is 10.9 Å². The molecule has 0 aliphatic carbocycles. The number of fused-ring (bicyclic) bond motifs is 1. The van der Waals surface area contributed by atoms with E-state index in [9.17, 15) is 4.79 Å². The predicted octanol–water partition coefficient (Wildman–Crippen LogP) is 4.05. The molecule has 0 spiro atoms. The zero-order valence-corrected chi connectivity index (χ0v) is 16.8. The van der Waals surface area contributed by atoms with E-state index in [1.165, 1.54) is 13.3 Å². The maximum absolute atomic E-state index is 10.9. The van der Waals surface area contributed by atoms with Gasteiger partial charge in [-0.2, -0.15) is 0 Å². The zero-order chi connectivity index (χ0) is 21.5. The lowest BCUT2D eigenvalue weighted by Crippen LogP contribution is -2.19. The highest BCUT2D eigenvalue weighted by atomic mass is 16.5. The molecule has 31 heavy (non-hydrogen) atoms. The van der Waals surface area contributed by atoms with Crippen LogP contribution in [0.2, 0.25) is 0 Å². The molecular weight excluding hydrogens is 390 g/mol. The second-order valence-electron chi connectivity index (χ2n) is 6.59. The summed E-state index contributed by atoms with van der Waals surface area (Å²) in [6.07, 6.45) is 3.20. The van der Waals surface area contributed by atoms with Crippen LogP contribution in [0.3, 0.4) is 0 Å². The third-order valence-corrected chi connectivity index (χ3v) is 4.27. The van der Waals surface area contributed by atoms with Gasteiger partial charge in [0.15, 0.2) is 0 Å². The van der Waals surface area contributed by atoms with E-state index in [4.69, 9.17) is 4.74 Å². The minimum atomic E-state index is -0.107. The molecule has 0 bridgehead atoms. The molecule has 0 aliphatic rings. The summed E-state index contributed by atoms with van der Waals surface area (Å²) in [7, 11) is 0. The number of aromatic nitrogens is 3. The number of hydrogen-bond acceptors (Lipinski definition) is 6. The minimum Gasteiger partial charge on any atom is -0.439 e. The molecule has 0 radical (unpaired) electrons. The SMILES string of the molecule is CC(=O)NCC#Cc1ccc2ncnc(Nc3ccc(Oc4ccccn4)cc3)c2c1. The summed E-state index contributed by atoms with van der Waals surface area (Å²) in [5.74, 6) is 7.77. The smallest absolute Gasteiger partial charge is 0.219 e. The van der Waals surface area contributed by atoms with Gasteiger partial charge in [0.1, 0.15) is 17.9 Å². The molecule has 2 N–H and O–H groups in total. The number of pyridine rings is 1. The fourth-order valence-corrected chi connectivity index (χ4v) is 2.82. The van der Waals surface area contributed by atoms with Crippen LogP contribution in [0, 0.1) is 11.8 Å². The van der Waals surface area contributed by atoms with E-state index in [0.29, 0.717) is 24.0 Å². The van der Waals surface area contributed by atoms with Gasteiger partial charge in [-0.15, -0.1) is 0 Å². The standard InChI is InChI=1S/C24H19N5O2/c1-17(30)25-14-4-5-18-7-12-22-21(15-18)24(28-16-27-22)29-19-8-10-20(11-9-19)31-23-6-2-3-13-26-23/h2-3,6-13,15-16H,14H2,1H3,(H,25,30)(H,27,28,29). The molecule has 0 saturated carbocycles. The Labute approximate surface area is 179 Å². The Balaban J connectivity index is 1.52. The number of anilines is 2. The number of nitrogens with zero attached hydrogens (tertiary/aromatic N) is 3. The quantitative estimate of drug-likeness (QED) is 0.484. The number of rotatable bonds is 5. The van der Waals surface area contributed by atoms with Gasteiger partial charge < -0.3 is 15.4 Å². The molecular formula is C24H19N5O2. The highest BCUT2D eigenvalue weighted by Gasteiger charge is 2.06. The Kier molecular flexibility index (Phi) is 6.00. The number of amides is 1. The van der Waals surface area contributed by atoms with Crippen molar-refractivity contribution in [2.24, 2.45) is 0 Å². The van der Waals surface area contributed by atoms with Crippen LogP contribution in [-0.4, -0.2) is 27.4 Å². The normalized spacial score (nSPS) is 10.1. The second-order valence-corrected chi connectivity index (χ2v) is 6.59. The molecule has 0 unspecified atom stereocenters. The van der Waals surface area contributed by atoms with Crippen molar-refractivity contribution in [1.29, 1.82) is 0 Å². The molecule has 7 heteroatoms. The van der Waals surface area contributed by atoms with Gasteiger partial charge in [-0.25, -0.2) is 15.0 Å². The number of nitrogens with one attached hydrogen (secondary N) is 2. The summed E-state index contributed by atoms with van der Waals surface area (Å²) in [4.78, 5) is 23.8. The Morgan fingerprint density at radius 1 is 1.03 bits per heavy atom. The van der Waals surface area contributed by atoms with Gasteiger partial charge >= 0.3 is 0 Å². The topological polar surface area (TPSA) is 89.0 Å². The fraction of sp³-hybridized carbons (Fsp3) is 0.0833. The minimum absolute atomic E-state index is 0.107. The van der Waals surface area contributed by atoms with Crippen molar-refractivity contribution < 1.29 is 9.53 Å². The van der Waals surface area contributed by atoms with E-state index in [-0.39, 0.29) is 5.91 Å². The molecule has 1 amide bonds. The summed E-state index contributed by atoms with van der Waals surface area (Å²) in [5.41, 5.74) is 2.48. The lowest BCUT2D eigenvalue weighted by atomic mass is 10.1. The monoisotopic (exact) mass is 409 g/mol. The van der Waals surface area contributed by atoms with Crippen LogP contribution >= 0.6 is 0 Å². The molecule has 0 saturated heterocycles. The maximum atomic E-state index is 10.9. The van der Waals surface area contributed by atoms with E-state index in [1.54, 1.807) is 12.3 Å². The Morgan fingerprint density at radius 3 is 2.68 bits per heavy atom. The lowest BCUT2D eigenvalue weighted by Gasteiger charge is -2.10. The van der Waals surface area contributed by atoms with Crippen LogP contribution in [0.1, 0.15) is 12.5 Å². The van der Waals surface area contributed by atoms with Gasteiger partial charge in [0, 0.05) is 35.8 Å². The molecule has 4 aromatic rings. The predicted molar refractivity (Wildman–Crippen MR) is 119 cm³/mol. The van der Waals surface area contributed by atoms with Crippen molar-refractivity contribution in [3.8, 4) is 23.5 Å². The molecule has 152 valence electrons. The van der Waals surface area contributed by atoms with Gasteiger partial charge in [0.2, 0.25) is 11.8 Å². The van der Waals surface area contributed by atoms with Crippen LogP contribution in [0.4, 0.5) is 11.5 Å². The van der Waals surface area contributed by atoms with Crippen LogP contribution in [-0.2, 0) is 4.79 Å². The maximum Gasteiger partial charge on any atom is 0.219 e. The summed E-state index contributed by atoms with van der Waals surface area (Å²) in [5, 5.41) is 6.82. The molecule has 0 aliphatic heterocycles. The Hall–Kier alpha value is -4.44. The van der Waals surface area contributed by atoms with E-state index in [1.807, 2.05) is 54.6 Å². The van der Waals surface area contributed by atoms with E-state index < -0.39 is 0 Å². The molecule has 2 aromatic heterocycles. The summed E-state index contributed by atoms with van der Waals surface area (Å²) >= 11 is 0. The summed E-state index contributed by atoms with van der Waals surface area (Å²) in [6.45, 7) is 1.76. The van der Waals surface area contributed by atoms with Crippen molar-refractivity contribution in [3.63, 3.8) is 0 Å². The number of hydrogen-bond donors (Lipinski definition) is 2. The Bertz CT molecular complexity index is 1260. The van der Waals surface area contributed by atoms with Crippen LogP contribution in [0.15, 0.2) is 73.2 Å². The Morgan fingerprint density at radius 2 is 1.90 bits per heavy atom. The van der Waals surface area contributed by atoms with Gasteiger partial charge in [-0.05, 0) is 48.5 Å². The first-order valence-corrected chi connectivity index (χ1v) is 9.61. The number of carbonyl (C=O) groups excluding carboxylic acids is 1. The average Bonchev–Trinajstić information content (AvgIpc) is 2.79. The van der Waals surface area contributed by atoms with Gasteiger partial charge in [0.05, 0.1) is 12.1 Å². The average molecular weight is 409 g/mol. The molecule has 4 rings (SSSR count). The van der Waals surface area contributed by atoms with Crippen molar-refractivity contribution in [3.05, 3.63) is 78.8 Å². The number of ether oxygens (including phenoxy) is 1. The number of carbonyl (C=O) groups is 1. The summed E-state index contributed by atoms with van der Waals surface area (Å²) in [6, 6.07) is 18.8. The van der Waals surface area contributed by atoms with Gasteiger partial charge in [0.25, 0.3) is 0 Å². The van der Waals surface area contributed by atoms with Gasteiger partial charge in [-0.3, -0.25) is 4.79 Å².